The highest BCUT2D eigenvalue weighted by molar-refractivity contribution is 5.85. The number of carbonyl (C=O) groups is 3. The van der Waals surface area contributed by atoms with Crippen molar-refractivity contribution in [2.24, 2.45) is 16.6 Å². The molecule has 0 amide bonds. The summed E-state index contributed by atoms with van der Waals surface area (Å²) in [6, 6.07) is 14.8. The van der Waals surface area contributed by atoms with E-state index in [2.05, 4.69) is 39.6 Å². The van der Waals surface area contributed by atoms with Gasteiger partial charge in [-0.15, -0.1) is 0 Å². The van der Waals surface area contributed by atoms with Crippen LogP contribution in [0.3, 0.4) is 0 Å². The third-order valence-corrected chi connectivity index (χ3v) is 9.62. The number of guanidine groups is 1. The Kier molecular flexibility index (Phi) is 15.5. The molecule has 1 aliphatic rings. The van der Waals surface area contributed by atoms with Gasteiger partial charge < -0.3 is 46.3 Å². The molecule has 3 aromatic rings. The topological polar surface area (TPSA) is 192 Å². The van der Waals surface area contributed by atoms with Crippen molar-refractivity contribution in [3.8, 4) is 0 Å². The van der Waals surface area contributed by atoms with Crippen molar-refractivity contribution in [3.63, 3.8) is 0 Å². The first-order valence-corrected chi connectivity index (χ1v) is 17.8. The van der Waals surface area contributed by atoms with Gasteiger partial charge in [0.1, 0.15) is 12.6 Å². The number of carboxylic acids is 1. The lowest BCUT2D eigenvalue weighted by Gasteiger charge is -2.35. The predicted octanol–water partition coefficient (Wildman–Crippen LogP) is 5.82. The van der Waals surface area contributed by atoms with Crippen LogP contribution in [-0.4, -0.2) is 76.1 Å². The molecular formula is C39H52N5O6-. The summed E-state index contributed by atoms with van der Waals surface area (Å²) in [5, 5.41) is 39.1. The van der Waals surface area contributed by atoms with Crippen LogP contribution in [0.2, 0.25) is 0 Å². The molecule has 4 rings (SSSR count). The van der Waals surface area contributed by atoms with Crippen LogP contribution < -0.4 is 11.1 Å². The second kappa shape index (κ2) is 20.3. The zero-order valence-electron chi connectivity index (χ0n) is 28.8. The van der Waals surface area contributed by atoms with Gasteiger partial charge in [0, 0.05) is 25.0 Å². The Hall–Kier alpha value is -4.48. The highest BCUT2D eigenvalue weighted by Gasteiger charge is 2.29. The van der Waals surface area contributed by atoms with E-state index >= 15 is 0 Å². The number of aromatic amines is 1. The van der Waals surface area contributed by atoms with Crippen LogP contribution in [0, 0.1) is 5.92 Å². The molecule has 0 bridgehead atoms. The van der Waals surface area contributed by atoms with Crippen LogP contribution in [-0.2, 0) is 20.8 Å². The number of nitrogens with zero attached hydrogens (tertiary/aromatic N) is 2. The lowest BCUT2D eigenvalue weighted by atomic mass is 9.83. The third-order valence-electron chi connectivity index (χ3n) is 9.62. The number of aliphatic hydroxyl groups is 2. The summed E-state index contributed by atoms with van der Waals surface area (Å²) in [7, 11) is 0. The number of aliphatic imine (C=N–C) groups is 1. The molecule has 0 fully saturated rings. The lowest BCUT2D eigenvalue weighted by molar-refractivity contribution is -0.131. The van der Waals surface area contributed by atoms with Crippen LogP contribution in [0.15, 0.2) is 71.4 Å². The monoisotopic (exact) mass is 686 g/mol. The molecule has 11 heteroatoms. The quantitative estimate of drug-likeness (QED) is 0.0408. The molecular weight excluding hydrogens is 634 g/mol. The highest BCUT2D eigenvalue weighted by Crippen LogP contribution is 2.36. The van der Waals surface area contributed by atoms with E-state index in [0.29, 0.717) is 37.1 Å². The molecule has 5 atom stereocenters. The Morgan fingerprint density at radius 1 is 0.960 bits per heavy atom. The van der Waals surface area contributed by atoms with E-state index in [-0.39, 0.29) is 37.1 Å². The van der Waals surface area contributed by atoms with Gasteiger partial charge in [0.25, 0.3) is 0 Å². The lowest BCUT2D eigenvalue weighted by Crippen LogP contribution is -2.49. The number of aldehydes is 2. The molecule has 1 aliphatic heterocycles. The maximum Gasteiger partial charge on any atom is 0.328 e. The fourth-order valence-corrected chi connectivity index (χ4v) is 6.97. The number of unbranched alkanes of at least 4 members (excludes halogenated alkanes) is 3. The van der Waals surface area contributed by atoms with Crippen molar-refractivity contribution >= 4 is 41.1 Å². The second-order valence-electron chi connectivity index (χ2n) is 13.3. The Morgan fingerprint density at radius 3 is 2.44 bits per heavy atom. The molecule has 1 aromatic heterocycles. The van der Waals surface area contributed by atoms with E-state index in [4.69, 9.17) is 16.2 Å². The third kappa shape index (κ3) is 11.8. The predicted molar refractivity (Wildman–Crippen MR) is 197 cm³/mol. The summed E-state index contributed by atoms with van der Waals surface area (Å²) in [5.41, 5.74) is 8.75. The molecule has 0 unspecified atom stereocenters. The summed E-state index contributed by atoms with van der Waals surface area (Å²) in [6.07, 6.45) is 14.0. The van der Waals surface area contributed by atoms with E-state index in [0.717, 1.165) is 80.3 Å². The molecule has 0 saturated carbocycles. The zero-order chi connectivity index (χ0) is 35.7. The fourth-order valence-electron chi connectivity index (χ4n) is 6.97. The largest absolute Gasteiger partial charge is 0.478 e. The molecule has 2 aromatic carbocycles. The molecule has 270 valence electrons. The summed E-state index contributed by atoms with van der Waals surface area (Å²) in [6.45, 7) is -0.0590. The number of hydrogen-bond acceptors (Lipinski definition) is 8. The smallest absolute Gasteiger partial charge is 0.328 e. The Labute approximate surface area is 294 Å². The standard InChI is InChI=1S/C39H52N5O6/c40-39-42-33(26-48)23-36(44-39)34(24-38(49)50)35(43-37-10-5-18-41-37)16-15-29(9-4-2-1-3-7-28(25-47)8-6-19-45)31-14-13-30-12-11-27(17-20-46)21-32(30)22-31/h5,10-14,18,20-22,24-25,28-29,33,35-36,41,45,48H,1-4,6-9,15-17,19,23,26H2,(H,49,50)(H3,40,42,44)/q-1/b34-24-/t28-,29-,33+,35-,36-/m0/s1. The van der Waals surface area contributed by atoms with E-state index < -0.39 is 18.1 Å². The number of nitrogens with one attached hydrogen (secondary N) is 2. The summed E-state index contributed by atoms with van der Waals surface area (Å²) in [4.78, 5) is 42.5. The number of rotatable bonds is 23. The minimum absolute atomic E-state index is 0.00250. The molecule has 7 N–H and O–H groups in total. The maximum atomic E-state index is 12.2. The number of nitrogens with two attached hydrogens (primary N) is 1. The number of fused-ring (bicyclic) bond motifs is 1. The number of H-pyrrole nitrogens is 1. The Balaban J connectivity index is 1.57. The van der Waals surface area contributed by atoms with Gasteiger partial charge in [-0.25, -0.2) is 9.79 Å². The summed E-state index contributed by atoms with van der Waals surface area (Å²) in [5.74, 6) is -0.151. The number of benzene rings is 2. The normalized spacial score (nSPS) is 18.1. The minimum Gasteiger partial charge on any atom is -0.478 e. The van der Waals surface area contributed by atoms with Crippen molar-refractivity contribution in [2.75, 3.05) is 13.2 Å². The van der Waals surface area contributed by atoms with Crippen molar-refractivity contribution in [3.05, 3.63) is 82.8 Å². The van der Waals surface area contributed by atoms with Gasteiger partial charge in [-0.05, 0) is 84.4 Å². The van der Waals surface area contributed by atoms with Crippen molar-refractivity contribution in [1.29, 1.82) is 0 Å². The molecule has 11 nitrogen and oxygen atoms in total. The van der Waals surface area contributed by atoms with Crippen LogP contribution >= 0.6 is 0 Å². The number of carboxylic acid groups (broad SMARTS) is 1. The van der Waals surface area contributed by atoms with E-state index in [9.17, 15) is 24.6 Å². The molecule has 0 saturated heterocycles. The van der Waals surface area contributed by atoms with E-state index in [1.165, 1.54) is 11.6 Å². The molecule has 50 heavy (non-hydrogen) atoms. The van der Waals surface area contributed by atoms with Gasteiger partial charge in [-0.3, -0.25) is 0 Å². The second-order valence-corrected chi connectivity index (χ2v) is 13.3. The van der Waals surface area contributed by atoms with Gasteiger partial charge in [0.15, 0.2) is 5.96 Å². The van der Waals surface area contributed by atoms with Gasteiger partial charge in [-0.1, -0.05) is 86.2 Å². The number of aliphatic carboxylic acids is 1. The number of carbonyl (C=O) groups excluding carboxylic acids is 2. The Bertz CT molecular complexity index is 1570. The van der Waals surface area contributed by atoms with Crippen molar-refractivity contribution in [2.45, 2.75) is 101 Å². The average Bonchev–Trinajstić information content (AvgIpc) is 3.63. The first kappa shape index (κ1) is 38.3. The van der Waals surface area contributed by atoms with Crippen molar-refractivity contribution in [1.82, 2.24) is 10.3 Å². The Morgan fingerprint density at radius 2 is 1.74 bits per heavy atom. The van der Waals surface area contributed by atoms with Crippen LogP contribution in [0.1, 0.15) is 87.7 Å². The van der Waals surface area contributed by atoms with E-state index in [1.54, 1.807) is 6.20 Å². The molecule has 0 radical (unpaired) electrons. The van der Waals surface area contributed by atoms with Gasteiger partial charge in [0.05, 0.1) is 18.7 Å². The number of aromatic nitrogens is 1. The fraction of sp³-hybridized carbons (Fsp3) is 0.487. The molecule has 0 aliphatic carbocycles. The van der Waals surface area contributed by atoms with Crippen LogP contribution in [0.4, 0.5) is 5.82 Å². The van der Waals surface area contributed by atoms with Crippen LogP contribution in [0.25, 0.3) is 16.1 Å². The maximum absolute atomic E-state index is 12.2. The summed E-state index contributed by atoms with van der Waals surface area (Å²) >= 11 is 0. The first-order chi connectivity index (χ1) is 24.3. The van der Waals surface area contributed by atoms with Gasteiger partial charge in [0.2, 0.25) is 0 Å². The van der Waals surface area contributed by atoms with Crippen molar-refractivity contribution < 1.29 is 29.7 Å². The molecule has 0 spiro atoms. The minimum atomic E-state index is -1.09. The molecule has 2 heterocycles. The SMILES string of the molecule is NC1=N[C@H](/C(=C\C(=O)O)[C@H](CC[C@H](CCCCCC[C@H](C=O)CCCO)c2ccc3ccc(CC=O)cc3c2)[N-]c2ccc[nH]2)C[C@H](CO)N1. The van der Waals surface area contributed by atoms with Crippen LogP contribution in [0.5, 0.6) is 0 Å². The zero-order valence-corrected chi connectivity index (χ0v) is 28.8. The summed E-state index contributed by atoms with van der Waals surface area (Å²) < 4.78 is 0. The number of hydrogen-bond donors (Lipinski definition) is 6. The average molecular weight is 687 g/mol. The first-order valence-electron chi connectivity index (χ1n) is 17.8. The number of aliphatic hydroxyl groups excluding tert-OH is 2. The highest BCUT2D eigenvalue weighted by atomic mass is 16.4. The van der Waals surface area contributed by atoms with Gasteiger partial charge >= 0.3 is 5.97 Å². The van der Waals surface area contributed by atoms with E-state index in [1.807, 2.05) is 24.3 Å². The van der Waals surface area contributed by atoms with Gasteiger partial charge in [-0.2, -0.15) is 0 Å².